The minimum atomic E-state index is -4.66. The van der Waals surface area contributed by atoms with Crippen LogP contribution < -0.4 is 9.47 Å². The van der Waals surface area contributed by atoms with Gasteiger partial charge in [-0.05, 0) is 92.4 Å². The zero-order valence-electron chi connectivity index (χ0n) is 24.9. The number of hydrogen-bond donors (Lipinski definition) is 0. The molecule has 0 heterocycles. The molecule has 0 saturated carbocycles. The van der Waals surface area contributed by atoms with Crippen LogP contribution in [0.5, 0.6) is 11.5 Å². The number of benzene rings is 3. The first-order chi connectivity index (χ1) is 22.2. The fourth-order valence-corrected chi connectivity index (χ4v) is 3.60. The van der Waals surface area contributed by atoms with E-state index in [1.54, 1.807) is 48.5 Å². The highest BCUT2D eigenvalue weighted by molar-refractivity contribution is 5.81. The Kier molecular flexibility index (Phi) is 14.1. The molecule has 0 fully saturated rings. The Hall–Kier alpha value is -5.33. The summed E-state index contributed by atoms with van der Waals surface area (Å²) < 4.78 is 61.7. The van der Waals surface area contributed by atoms with E-state index in [-0.39, 0.29) is 24.7 Å². The monoisotopic (exact) mass is 638 g/mol. The maximum Gasteiger partial charge on any atom is 0.420 e. The summed E-state index contributed by atoms with van der Waals surface area (Å²) in [6, 6.07) is 17.0. The van der Waals surface area contributed by atoms with Crippen LogP contribution in [0.3, 0.4) is 0 Å². The van der Waals surface area contributed by atoms with E-state index in [0.29, 0.717) is 55.3 Å². The van der Waals surface area contributed by atoms with E-state index in [4.69, 9.17) is 18.9 Å². The van der Waals surface area contributed by atoms with E-state index in [1.165, 1.54) is 12.1 Å². The second-order valence-corrected chi connectivity index (χ2v) is 9.44. The highest BCUT2D eigenvalue weighted by Crippen LogP contribution is 2.39. The molecular weight excluding hydrogens is 605 g/mol. The van der Waals surface area contributed by atoms with Gasteiger partial charge in [0.25, 0.3) is 0 Å². The number of unbranched alkanes of at least 4 members (excludes halogenated alkanes) is 2. The molecule has 13 heteroatoms. The summed E-state index contributed by atoms with van der Waals surface area (Å²) >= 11 is 0. The van der Waals surface area contributed by atoms with E-state index in [2.05, 4.69) is 33.6 Å². The van der Waals surface area contributed by atoms with Crippen molar-refractivity contribution in [3.05, 3.63) is 97.6 Å². The molecule has 3 aromatic carbocycles. The van der Waals surface area contributed by atoms with Crippen molar-refractivity contribution in [3.8, 4) is 11.5 Å². The molecule has 242 valence electrons. The van der Waals surface area contributed by atoms with Crippen LogP contribution in [0.1, 0.15) is 31.2 Å². The molecular formula is C33H33F3N4O6. The van der Waals surface area contributed by atoms with Crippen LogP contribution in [0.25, 0.3) is 0 Å². The molecule has 0 spiro atoms. The number of azo groups is 2. The summed E-state index contributed by atoms with van der Waals surface area (Å²) in [6.45, 7) is 7.54. The summed E-state index contributed by atoms with van der Waals surface area (Å²) in [5.41, 5.74) is 0.582. The molecule has 0 unspecified atom stereocenters. The first-order valence-electron chi connectivity index (χ1n) is 14.3. The first-order valence-corrected chi connectivity index (χ1v) is 14.3. The lowest BCUT2D eigenvalue weighted by Gasteiger charge is -2.14. The zero-order chi connectivity index (χ0) is 33.2. The third kappa shape index (κ3) is 12.7. The lowest BCUT2D eigenvalue weighted by molar-refractivity contribution is -0.139. The van der Waals surface area contributed by atoms with Crippen molar-refractivity contribution in [2.24, 2.45) is 20.5 Å². The molecule has 3 aromatic rings. The molecule has 0 bridgehead atoms. The zero-order valence-corrected chi connectivity index (χ0v) is 24.9. The van der Waals surface area contributed by atoms with E-state index < -0.39 is 23.7 Å². The Labute approximate surface area is 264 Å². The van der Waals surface area contributed by atoms with Gasteiger partial charge in [0.05, 0.1) is 54.7 Å². The highest BCUT2D eigenvalue weighted by atomic mass is 19.4. The quantitative estimate of drug-likeness (QED) is 0.0593. The van der Waals surface area contributed by atoms with Crippen LogP contribution in [0.2, 0.25) is 0 Å². The fourth-order valence-electron chi connectivity index (χ4n) is 3.60. The van der Waals surface area contributed by atoms with Gasteiger partial charge in [-0.15, -0.1) is 0 Å². The summed E-state index contributed by atoms with van der Waals surface area (Å²) in [6.07, 6.45) is -0.292. The number of nitrogens with zero attached hydrogens (tertiary/aromatic N) is 4. The van der Waals surface area contributed by atoms with Crippen molar-refractivity contribution in [2.75, 3.05) is 26.4 Å². The maximum atomic E-state index is 13.7. The van der Waals surface area contributed by atoms with Crippen molar-refractivity contribution >= 4 is 34.7 Å². The Bertz CT molecular complexity index is 1510. The number of carbonyl (C=O) groups is 2. The average molecular weight is 639 g/mol. The number of esters is 2. The van der Waals surface area contributed by atoms with Gasteiger partial charge in [-0.25, -0.2) is 9.59 Å². The van der Waals surface area contributed by atoms with Gasteiger partial charge in [0, 0.05) is 12.2 Å². The summed E-state index contributed by atoms with van der Waals surface area (Å²) in [4.78, 5) is 22.0. The Morgan fingerprint density at radius 3 is 1.50 bits per heavy atom. The Morgan fingerprint density at radius 2 is 1.02 bits per heavy atom. The van der Waals surface area contributed by atoms with Crippen LogP contribution in [0.15, 0.2) is 112 Å². The lowest BCUT2D eigenvalue weighted by atomic mass is 10.1. The van der Waals surface area contributed by atoms with Crippen molar-refractivity contribution < 1.29 is 41.7 Å². The first kappa shape index (κ1) is 35.2. The minimum absolute atomic E-state index is 0.00114. The normalized spacial score (nSPS) is 11.4. The smallest absolute Gasteiger partial charge is 0.420 e. The lowest BCUT2D eigenvalue weighted by Crippen LogP contribution is -2.10. The standard InChI is InChI=1S/C33H33F3N4O6/c1-3-31(41)45-21-7-5-19-43-28-16-13-26(14-17-28)38-37-24-9-11-25(12-10-24)39-40-27-15-18-30(29(23-27)33(34,35)36)44-20-6-8-22-46-32(42)4-2/h3-4,9-18,23H,1-2,5-8,19-22H2/b38-37+,40-39+. The third-order valence-corrected chi connectivity index (χ3v) is 5.94. The second kappa shape index (κ2) is 18.5. The maximum absolute atomic E-state index is 13.7. The van der Waals surface area contributed by atoms with E-state index in [0.717, 1.165) is 24.6 Å². The van der Waals surface area contributed by atoms with E-state index in [1.807, 2.05) is 0 Å². The van der Waals surface area contributed by atoms with Gasteiger partial charge in [0.15, 0.2) is 0 Å². The molecule has 0 amide bonds. The Balaban J connectivity index is 1.49. The predicted octanol–water partition coefficient (Wildman–Crippen LogP) is 9.31. The molecule has 0 saturated heterocycles. The van der Waals surface area contributed by atoms with Crippen molar-refractivity contribution in [3.63, 3.8) is 0 Å². The van der Waals surface area contributed by atoms with Gasteiger partial charge in [0.2, 0.25) is 0 Å². The number of ether oxygens (including phenoxy) is 4. The van der Waals surface area contributed by atoms with Crippen molar-refractivity contribution in [1.82, 2.24) is 0 Å². The second-order valence-electron chi connectivity index (χ2n) is 9.44. The van der Waals surface area contributed by atoms with Crippen molar-refractivity contribution in [1.29, 1.82) is 0 Å². The SMILES string of the molecule is C=CC(=O)OCCCCOc1ccc(/N=N/c2ccc(/N=N/c3ccc(OCCCCOC(=O)C=C)c(C(F)(F)F)c3)cc2)cc1. The van der Waals surface area contributed by atoms with Gasteiger partial charge in [0.1, 0.15) is 11.5 Å². The molecule has 0 aromatic heterocycles. The largest absolute Gasteiger partial charge is 0.494 e. The topological polar surface area (TPSA) is 120 Å². The Morgan fingerprint density at radius 1 is 0.609 bits per heavy atom. The number of hydrogen-bond acceptors (Lipinski definition) is 10. The van der Waals surface area contributed by atoms with Gasteiger partial charge in [-0.3, -0.25) is 0 Å². The fraction of sp³-hybridized carbons (Fsp3) is 0.273. The summed E-state index contributed by atoms with van der Waals surface area (Å²) in [5, 5.41) is 16.3. The van der Waals surface area contributed by atoms with Crippen molar-refractivity contribution in [2.45, 2.75) is 31.9 Å². The van der Waals surface area contributed by atoms with Crippen LogP contribution in [-0.4, -0.2) is 38.4 Å². The van der Waals surface area contributed by atoms with Gasteiger partial charge < -0.3 is 18.9 Å². The molecule has 0 aliphatic carbocycles. The third-order valence-electron chi connectivity index (χ3n) is 5.94. The van der Waals surface area contributed by atoms with Crippen LogP contribution in [0.4, 0.5) is 35.9 Å². The molecule has 0 radical (unpaired) electrons. The number of rotatable bonds is 18. The minimum Gasteiger partial charge on any atom is -0.494 e. The van der Waals surface area contributed by atoms with Gasteiger partial charge in [-0.1, -0.05) is 13.2 Å². The summed E-state index contributed by atoms with van der Waals surface area (Å²) in [7, 11) is 0. The van der Waals surface area contributed by atoms with Crippen LogP contribution >= 0.6 is 0 Å². The predicted molar refractivity (Wildman–Crippen MR) is 164 cm³/mol. The molecule has 10 nitrogen and oxygen atoms in total. The molecule has 3 rings (SSSR count). The molecule has 0 N–H and O–H groups in total. The highest BCUT2D eigenvalue weighted by Gasteiger charge is 2.34. The average Bonchev–Trinajstić information content (AvgIpc) is 3.06. The van der Waals surface area contributed by atoms with Gasteiger partial charge in [-0.2, -0.15) is 33.6 Å². The molecule has 46 heavy (non-hydrogen) atoms. The molecule has 0 aliphatic heterocycles. The molecule has 0 aliphatic rings. The van der Waals surface area contributed by atoms with Gasteiger partial charge >= 0.3 is 18.1 Å². The number of alkyl halides is 3. The van der Waals surface area contributed by atoms with Crippen LogP contribution in [0, 0.1) is 0 Å². The number of carbonyl (C=O) groups excluding carboxylic acids is 2. The molecule has 0 atom stereocenters. The van der Waals surface area contributed by atoms with Crippen LogP contribution in [-0.2, 0) is 25.2 Å². The van der Waals surface area contributed by atoms with E-state index >= 15 is 0 Å². The number of halogens is 3. The summed E-state index contributed by atoms with van der Waals surface area (Å²) in [5.74, 6) is -0.666. The van der Waals surface area contributed by atoms with E-state index in [9.17, 15) is 22.8 Å².